The molecule has 0 spiro atoms. The highest BCUT2D eigenvalue weighted by molar-refractivity contribution is 5.28. The molecule has 0 aromatic heterocycles. The molecule has 1 aromatic rings. The zero-order valence-electron chi connectivity index (χ0n) is 12.3. The van der Waals surface area contributed by atoms with Crippen LogP contribution in [0, 0.1) is 5.82 Å². The Balaban J connectivity index is 2.81. The Kier molecular flexibility index (Phi) is 7.11. The van der Waals surface area contributed by atoms with Crippen LogP contribution in [0.3, 0.4) is 0 Å². The average Bonchev–Trinajstić information content (AvgIpc) is 2.40. The van der Waals surface area contributed by atoms with Crippen LogP contribution in [0.5, 0.6) is 0 Å². The standard InChI is InChI=1S/C15H21F4NO/c1-3-20-14(6-5-9-21-4-2)11-7-8-12(13(16)10-11)15(17,18)19/h7-8,10,14,20H,3-6,9H2,1-2H3. The van der Waals surface area contributed by atoms with Gasteiger partial charge in [0, 0.05) is 19.3 Å². The fourth-order valence-corrected chi connectivity index (χ4v) is 2.14. The summed E-state index contributed by atoms with van der Waals surface area (Å²) >= 11 is 0. The van der Waals surface area contributed by atoms with Crippen molar-refractivity contribution in [1.82, 2.24) is 5.32 Å². The van der Waals surface area contributed by atoms with Gasteiger partial charge in [0.2, 0.25) is 0 Å². The molecule has 0 fully saturated rings. The average molecular weight is 307 g/mol. The lowest BCUT2D eigenvalue weighted by Gasteiger charge is -2.19. The van der Waals surface area contributed by atoms with Gasteiger partial charge in [-0.05, 0) is 44.0 Å². The van der Waals surface area contributed by atoms with E-state index in [1.807, 2.05) is 13.8 Å². The van der Waals surface area contributed by atoms with Gasteiger partial charge in [-0.1, -0.05) is 13.0 Å². The van der Waals surface area contributed by atoms with Gasteiger partial charge >= 0.3 is 6.18 Å². The maximum absolute atomic E-state index is 13.6. The molecule has 1 atom stereocenters. The summed E-state index contributed by atoms with van der Waals surface area (Å²) in [5.74, 6) is -1.23. The van der Waals surface area contributed by atoms with Crippen molar-refractivity contribution in [2.75, 3.05) is 19.8 Å². The van der Waals surface area contributed by atoms with Crippen LogP contribution in [0.25, 0.3) is 0 Å². The van der Waals surface area contributed by atoms with Crippen molar-refractivity contribution in [3.8, 4) is 0 Å². The SMILES string of the molecule is CCNC(CCCOCC)c1ccc(C(F)(F)F)c(F)c1. The van der Waals surface area contributed by atoms with E-state index in [1.165, 1.54) is 6.07 Å². The number of ether oxygens (including phenoxy) is 1. The molecule has 21 heavy (non-hydrogen) atoms. The maximum Gasteiger partial charge on any atom is 0.419 e. The summed E-state index contributed by atoms with van der Waals surface area (Å²) in [6, 6.07) is 2.93. The highest BCUT2D eigenvalue weighted by Gasteiger charge is 2.34. The normalized spacial score (nSPS) is 13.4. The Morgan fingerprint density at radius 3 is 2.48 bits per heavy atom. The Morgan fingerprint density at radius 1 is 1.24 bits per heavy atom. The fourth-order valence-electron chi connectivity index (χ4n) is 2.14. The van der Waals surface area contributed by atoms with Crippen LogP contribution in [0.1, 0.15) is 43.9 Å². The first-order valence-corrected chi connectivity index (χ1v) is 7.07. The van der Waals surface area contributed by atoms with E-state index in [2.05, 4.69) is 5.32 Å². The number of alkyl halides is 3. The van der Waals surface area contributed by atoms with E-state index >= 15 is 0 Å². The van der Waals surface area contributed by atoms with E-state index in [1.54, 1.807) is 0 Å². The predicted molar refractivity (Wildman–Crippen MR) is 73.5 cm³/mol. The molecule has 0 aliphatic rings. The van der Waals surface area contributed by atoms with E-state index in [0.717, 1.165) is 18.6 Å². The number of hydrogen-bond acceptors (Lipinski definition) is 2. The van der Waals surface area contributed by atoms with Crippen LogP contribution in [-0.4, -0.2) is 19.8 Å². The first-order valence-electron chi connectivity index (χ1n) is 7.07. The monoisotopic (exact) mass is 307 g/mol. The lowest BCUT2D eigenvalue weighted by molar-refractivity contribution is -0.140. The predicted octanol–water partition coefficient (Wildman–Crippen LogP) is 4.31. The minimum Gasteiger partial charge on any atom is -0.382 e. The second kappa shape index (κ2) is 8.34. The molecule has 0 amide bonds. The van der Waals surface area contributed by atoms with Crippen LogP contribution < -0.4 is 5.32 Å². The molecule has 120 valence electrons. The van der Waals surface area contributed by atoms with E-state index in [9.17, 15) is 17.6 Å². The Labute approximate surface area is 122 Å². The molecule has 6 heteroatoms. The first-order chi connectivity index (χ1) is 9.90. The molecule has 0 bridgehead atoms. The van der Waals surface area contributed by atoms with Gasteiger partial charge in [-0.2, -0.15) is 13.2 Å². The summed E-state index contributed by atoms with van der Waals surface area (Å²) in [6.07, 6.45) is -3.22. The second-order valence-corrected chi connectivity index (χ2v) is 4.69. The zero-order chi connectivity index (χ0) is 15.9. The Bertz CT molecular complexity index is 434. The third-order valence-electron chi connectivity index (χ3n) is 3.14. The number of rotatable bonds is 8. The number of benzene rings is 1. The molecule has 0 heterocycles. The molecule has 0 radical (unpaired) electrons. The van der Waals surface area contributed by atoms with E-state index in [-0.39, 0.29) is 6.04 Å². The van der Waals surface area contributed by atoms with Crippen molar-refractivity contribution in [2.24, 2.45) is 0 Å². The molecule has 1 N–H and O–H groups in total. The molecular weight excluding hydrogens is 286 g/mol. The van der Waals surface area contributed by atoms with Gasteiger partial charge in [0.05, 0.1) is 5.56 Å². The van der Waals surface area contributed by atoms with Gasteiger partial charge in [0.1, 0.15) is 5.82 Å². The molecular formula is C15H21F4NO. The van der Waals surface area contributed by atoms with Crippen LogP contribution in [0.2, 0.25) is 0 Å². The summed E-state index contributed by atoms with van der Waals surface area (Å²) in [5, 5.41) is 3.16. The summed E-state index contributed by atoms with van der Waals surface area (Å²) < 4.78 is 56.5. The molecule has 1 aromatic carbocycles. The van der Waals surface area contributed by atoms with Crippen LogP contribution in [0.4, 0.5) is 17.6 Å². The molecule has 1 rings (SSSR count). The Hall–Kier alpha value is -1.14. The molecule has 0 aliphatic heterocycles. The van der Waals surface area contributed by atoms with Crippen molar-refractivity contribution >= 4 is 0 Å². The van der Waals surface area contributed by atoms with E-state index < -0.39 is 17.6 Å². The van der Waals surface area contributed by atoms with Gasteiger partial charge in [0.25, 0.3) is 0 Å². The molecule has 0 saturated heterocycles. The lowest BCUT2D eigenvalue weighted by Crippen LogP contribution is -2.22. The maximum atomic E-state index is 13.6. The molecule has 0 saturated carbocycles. The van der Waals surface area contributed by atoms with Gasteiger partial charge in [-0.15, -0.1) is 0 Å². The van der Waals surface area contributed by atoms with Gasteiger partial charge in [-0.3, -0.25) is 0 Å². The molecule has 0 aliphatic carbocycles. The van der Waals surface area contributed by atoms with Crippen molar-refractivity contribution < 1.29 is 22.3 Å². The summed E-state index contributed by atoms with van der Waals surface area (Å²) in [4.78, 5) is 0. The lowest BCUT2D eigenvalue weighted by atomic mass is 10.00. The number of hydrogen-bond donors (Lipinski definition) is 1. The number of nitrogens with one attached hydrogen (secondary N) is 1. The van der Waals surface area contributed by atoms with E-state index in [4.69, 9.17) is 4.74 Å². The summed E-state index contributed by atoms with van der Waals surface area (Å²) in [5.41, 5.74) is -0.699. The Morgan fingerprint density at radius 2 is 1.95 bits per heavy atom. The van der Waals surface area contributed by atoms with Crippen molar-refractivity contribution in [3.05, 3.63) is 35.1 Å². The second-order valence-electron chi connectivity index (χ2n) is 4.69. The van der Waals surface area contributed by atoms with Crippen LogP contribution in [0.15, 0.2) is 18.2 Å². The van der Waals surface area contributed by atoms with E-state index in [0.29, 0.717) is 31.7 Å². The minimum absolute atomic E-state index is 0.174. The van der Waals surface area contributed by atoms with Gasteiger partial charge in [0.15, 0.2) is 0 Å². The highest BCUT2D eigenvalue weighted by atomic mass is 19.4. The molecule has 1 unspecified atom stereocenters. The summed E-state index contributed by atoms with van der Waals surface area (Å²) in [7, 11) is 0. The fraction of sp³-hybridized carbons (Fsp3) is 0.600. The van der Waals surface area contributed by atoms with Crippen LogP contribution >= 0.6 is 0 Å². The minimum atomic E-state index is -4.66. The van der Waals surface area contributed by atoms with Crippen LogP contribution in [-0.2, 0) is 10.9 Å². The highest BCUT2D eigenvalue weighted by Crippen LogP contribution is 2.32. The van der Waals surface area contributed by atoms with Crippen molar-refractivity contribution in [2.45, 2.75) is 38.9 Å². The van der Waals surface area contributed by atoms with Crippen molar-refractivity contribution in [1.29, 1.82) is 0 Å². The molecule has 2 nitrogen and oxygen atoms in total. The largest absolute Gasteiger partial charge is 0.419 e. The van der Waals surface area contributed by atoms with Crippen molar-refractivity contribution in [3.63, 3.8) is 0 Å². The number of halogens is 4. The third kappa shape index (κ3) is 5.63. The summed E-state index contributed by atoms with van der Waals surface area (Å²) in [6.45, 7) is 5.66. The first kappa shape index (κ1) is 17.9. The topological polar surface area (TPSA) is 21.3 Å². The smallest absolute Gasteiger partial charge is 0.382 e. The van der Waals surface area contributed by atoms with Gasteiger partial charge < -0.3 is 10.1 Å². The quantitative estimate of drug-likeness (QED) is 0.571. The zero-order valence-corrected chi connectivity index (χ0v) is 12.3. The van der Waals surface area contributed by atoms with Gasteiger partial charge in [-0.25, -0.2) is 4.39 Å². The third-order valence-corrected chi connectivity index (χ3v) is 3.14.